The zero-order chi connectivity index (χ0) is 31.0. The lowest BCUT2D eigenvalue weighted by Crippen LogP contribution is -2.13. The van der Waals surface area contributed by atoms with Gasteiger partial charge in [-0.1, -0.05) is 6.92 Å². The van der Waals surface area contributed by atoms with Crippen LogP contribution < -0.4 is 14.2 Å². The first-order valence-electron chi connectivity index (χ1n) is 13.9. The van der Waals surface area contributed by atoms with E-state index in [1.54, 1.807) is 19.2 Å². The molecule has 0 aliphatic heterocycles. The highest BCUT2D eigenvalue weighted by atomic mass is 32.1. The van der Waals surface area contributed by atoms with E-state index in [1.165, 1.54) is 49.7 Å². The Morgan fingerprint density at radius 3 is 2.33 bits per heavy atom. The van der Waals surface area contributed by atoms with Crippen molar-refractivity contribution < 1.29 is 42.9 Å². The van der Waals surface area contributed by atoms with E-state index < -0.39 is 17.7 Å². The van der Waals surface area contributed by atoms with E-state index in [2.05, 4.69) is 0 Å². The second-order valence-corrected chi connectivity index (χ2v) is 13.0. The van der Waals surface area contributed by atoms with Crippen molar-refractivity contribution >= 4 is 66.2 Å². The Morgan fingerprint density at radius 2 is 1.67 bits per heavy atom. The normalized spacial score (nSPS) is 16.7. The van der Waals surface area contributed by atoms with E-state index in [0.29, 0.717) is 39.5 Å². The SMILES string of the molecule is COc1cc2sc(C(=O)C[C@H](C)C(=O)O)cc2cc1CCCOc1c(OC)cc2sc(C(=O)[C@@H]3C[C@H]3C(C)=O)cc2c1F. The molecule has 0 radical (unpaired) electrons. The molecule has 1 N–H and O–H groups in total. The molecule has 1 fully saturated rings. The molecule has 1 saturated carbocycles. The van der Waals surface area contributed by atoms with Crippen LogP contribution in [0.4, 0.5) is 4.39 Å². The molecule has 4 aromatic rings. The van der Waals surface area contributed by atoms with Gasteiger partial charge in [-0.2, -0.15) is 0 Å². The van der Waals surface area contributed by atoms with Crippen LogP contribution in [0.25, 0.3) is 20.2 Å². The first-order valence-corrected chi connectivity index (χ1v) is 15.5. The van der Waals surface area contributed by atoms with Gasteiger partial charge in [-0.25, -0.2) is 4.39 Å². The maximum Gasteiger partial charge on any atom is 0.306 e. The third-order valence-corrected chi connectivity index (χ3v) is 9.97. The molecule has 11 heteroatoms. The summed E-state index contributed by atoms with van der Waals surface area (Å²) in [5.41, 5.74) is 0.891. The van der Waals surface area contributed by atoms with Crippen LogP contribution >= 0.6 is 22.7 Å². The van der Waals surface area contributed by atoms with Crippen molar-refractivity contribution in [2.45, 2.75) is 39.5 Å². The van der Waals surface area contributed by atoms with Crippen LogP contribution in [-0.2, 0) is 16.0 Å². The van der Waals surface area contributed by atoms with Gasteiger partial charge in [-0.15, -0.1) is 22.7 Å². The lowest BCUT2D eigenvalue weighted by molar-refractivity contribution is -0.141. The van der Waals surface area contributed by atoms with Crippen molar-refractivity contribution in [3.63, 3.8) is 0 Å². The molecule has 0 spiro atoms. The fourth-order valence-corrected chi connectivity index (χ4v) is 7.28. The van der Waals surface area contributed by atoms with E-state index in [-0.39, 0.29) is 59.1 Å². The van der Waals surface area contributed by atoms with Crippen LogP contribution in [0.1, 0.15) is 58.0 Å². The summed E-state index contributed by atoms with van der Waals surface area (Å²) >= 11 is 2.48. The zero-order valence-corrected chi connectivity index (χ0v) is 25.8. The number of fused-ring (bicyclic) bond motifs is 2. The van der Waals surface area contributed by atoms with Gasteiger partial charge in [0.2, 0.25) is 0 Å². The number of carboxylic acids is 1. The smallest absolute Gasteiger partial charge is 0.306 e. The number of hydrogen-bond donors (Lipinski definition) is 1. The molecule has 0 amide bonds. The number of rotatable bonds is 14. The summed E-state index contributed by atoms with van der Waals surface area (Å²) in [6.45, 7) is 3.17. The Hall–Kier alpha value is -3.83. The van der Waals surface area contributed by atoms with Gasteiger partial charge in [-0.3, -0.25) is 19.2 Å². The van der Waals surface area contributed by atoms with Crippen LogP contribution in [0, 0.1) is 23.6 Å². The van der Waals surface area contributed by atoms with Crippen LogP contribution in [0.5, 0.6) is 17.2 Å². The quantitative estimate of drug-likeness (QED) is 0.118. The summed E-state index contributed by atoms with van der Waals surface area (Å²) in [6, 6.07) is 8.76. The molecule has 43 heavy (non-hydrogen) atoms. The molecule has 2 aromatic carbocycles. The average molecular weight is 627 g/mol. The monoisotopic (exact) mass is 626 g/mol. The zero-order valence-electron chi connectivity index (χ0n) is 24.2. The minimum Gasteiger partial charge on any atom is -0.496 e. The van der Waals surface area contributed by atoms with Crippen LogP contribution in [-0.4, -0.2) is 49.3 Å². The Morgan fingerprint density at radius 1 is 0.977 bits per heavy atom. The predicted octanol–water partition coefficient (Wildman–Crippen LogP) is 6.99. The Labute approximate surface area is 255 Å². The topological polar surface area (TPSA) is 116 Å². The molecule has 0 bridgehead atoms. The molecule has 1 aliphatic rings. The van der Waals surface area contributed by atoms with Gasteiger partial charge >= 0.3 is 5.97 Å². The molecule has 8 nitrogen and oxygen atoms in total. The van der Waals surface area contributed by atoms with E-state index in [4.69, 9.17) is 19.3 Å². The lowest BCUT2D eigenvalue weighted by Gasteiger charge is -2.13. The van der Waals surface area contributed by atoms with E-state index >= 15 is 4.39 Å². The van der Waals surface area contributed by atoms with Gasteiger partial charge in [0.1, 0.15) is 11.5 Å². The number of carbonyl (C=O) groups excluding carboxylic acids is 3. The van der Waals surface area contributed by atoms with E-state index in [9.17, 15) is 19.2 Å². The second-order valence-electron chi connectivity index (χ2n) is 10.8. The summed E-state index contributed by atoms with van der Waals surface area (Å²) in [6.07, 6.45) is 1.55. The van der Waals surface area contributed by atoms with Crippen LogP contribution in [0.15, 0.2) is 30.3 Å². The van der Waals surface area contributed by atoms with Crippen LogP contribution in [0.2, 0.25) is 0 Å². The number of hydrogen-bond acceptors (Lipinski definition) is 9. The number of carbonyl (C=O) groups is 4. The Bertz CT molecular complexity index is 1750. The number of benzene rings is 2. The predicted molar refractivity (Wildman–Crippen MR) is 163 cm³/mol. The van der Waals surface area contributed by atoms with Crippen molar-refractivity contribution in [2.75, 3.05) is 20.8 Å². The first-order chi connectivity index (χ1) is 20.5. The van der Waals surface area contributed by atoms with Crippen molar-refractivity contribution in [2.24, 2.45) is 17.8 Å². The van der Waals surface area contributed by atoms with Crippen molar-refractivity contribution in [1.82, 2.24) is 0 Å². The number of ketones is 3. The number of halogens is 1. The first kappa shape index (κ1) is 30.6. The van der Waals surface area contributed by atoms with E-state index in [1.807, 2.05) is 12.1 Å². The molecule has 2 aromatic heterocycles. The highest BCUT2D eigenvalue weighted by molar-refractivity contribution is 7.21. The summed E-state index contributed by atoms with van der Waals surface area (Å²) in [5.74, 6) is -2.45. The number of carboxylic acid groups (broad SMARTS) is 1. The highest BCUT2D eigenvalue weighted by Crippen LogP contribution is 2.45. The van der Waals surface area contributed by atoms with Crippen molar-refractivity contribution in [3.05, 3.63) is 51.5 Å². The maximum absolute atomic E-state index is 15.6. The van der Waals surface area contributed by atoms with Gasteiger partial charge in [0.05, 0.1) is 36.5 Å². The van der Waals surface area contributed by atoms with Gasteiger partial charge in [0.15, 0.2) is 28.9 Å². The summed E-state index contributed by atoms with van der Waals surface area (Å²) in [4.78, 5) is 49.1. The molecule has 226 valence electrons. The van der Waals surface area contributed by atoms with E-state index in [0.717, 1.165) is 15.6 Å². The maximum atomic E-state index is 15.6. The van der Waals surface area contributed by atoms with Gasteiger partial charge in [0.25, 0.3) is 0 Å². The van der Waals surface area contributed by atoms with Gasteiger partial charge < -0.3 is 19.3 Å². The second kappa shape index (κ2) is 12.4. The molecular weight excluding hydrogens is 595 g/mol. The molecule has 2 heterocycles. The van der Waals surface area contributed by atoms with Gasteiger partial charge in [0, 0.05) is 39.1 Å². The third-order valence-electron chi connectivity index (χ3n) is 7.74. The number of methoxy groups -OCH3 is 2. The number of thiophene rings is 2. The Balaban J connectivity index is 1.28. The molecule has 1 aliphatic carbocycles. The number of aliphatic carboxylic acids is 1. The van der Waals surface area contributed by atoms with Gasteiger partial charge in [-0.05, 0) is 61.4 Å². The third kappa shape index (κ3) is 6.28. The lowest BCUT2D eigenvalue weighted by atomic mass is 10.0. The molecule has 0 saturated heterocycles. The number of Topliss-reactive ketones (excluding diaryl/α,β-unsaturated/α-hetero) is 3. The van der Waals surface area contributed by atoms with Crippen molar-refractivity contribution in [3.8, 4) is 17.2 Å². The molecule has 5 rings (SSSR count). The molecule has 0 unspecified atom stereocenters. The standard InChI is InChI=1S/C32H31FO8S2/c1-15(32(37)38)8-22(35)27-10-18-9-17(23(39-3)13-25(18)42-27)6-5-7-41-31-24(40-4)14-26-21(29(31)33)12-28(43-26)30(36)20-11-19(20)16(2)34/h9-10,12-15,19-20H,5-8,11H2,1-4H3,(H,37,38)/t15-,19-,20+/m0/s1. The van der Waals surface area contributed by atoms with Crippen molar-refractivity contribution in [1.29, 1.82) is 0 Å². The van der Waals surface area contributed by atoms with Crippen LogP contribution in [0.3, 0.4) is 0 Å². The minimum absolute atomic E-state index is 0.00152. The number of aryl methyl sites for hydroxylation is 1. The minimum atomic E-state index is -1.01. The highest BCUT2D eigenvalue weighted by Gasteiger charge is 2.46. The summed E-state index contributed by atoms with van der Waals surface area (Å²) in [5, 5.41) is 10.3. The summed E-state index contributed by atoms with van der Waals surface area (Å²) in [7, 11) is 2.99. The molecular formula is C32H31FO8S2. The fourth-order valence-electron chi connectivity index (χ4n) is 5.16. The fraction of sp³-hybridized carbons (Fsp3) is 0.375. The Kier molecular flexibility index (Phi) is 8.84. The largest absolute Gasteiger partial charge is 0.496 e. The summed E-state index contributed by atoms with van der Waals surface area (Å²) < 4.78 is 33.9. The molecule has 3 atom stereocenters. The average Bonchev–Trinajstić information content (AvgIpc) is 3.50. The number of ether oxygens (including phenoxy) is 3.